The monoisotopic (exact) mass is 295 g/mol. The first kappa shape index (κ1) is 15.2. The SMILES string of the molecule is CN=C(NCCc1cnn(C)c1)N1CCSC(C)(C)C1. The van der Waals surface area contributed by atoms with Crippen LogP contribution in [0.1, 0.15) is 19.4 Å². The predicted octanol–water partition coefficient (Wildman–Crippen LogP) is 1.37. The molecule has 0 spiro atoms. The van der Waals surface area contributed by atoms with E-state index in [-0.39, 0.29) is 0 Å². The van der Waals surface area contributed by atoms with E-state index in [1.165, 1.54) is 5.56 Å². The van der Waals surface area contributed by atoms with Crippen molar-refractivity contribution in [1.82, 2.24) is 20.0 Å². The molecule has 1 aliphatic heterocycles. The summed E-state index contributed by atoms with van der Waals surface area (Å²) in [5.74, 6) is 2.18. The first-order valence-corrected chi connectivity index (χ1v) is 8.06. The molecule has 112 valence electrons. The van der Waals surface area contributed by atoms with Crippen LogP contribution in [0.4, 0.5) is 0 Å². The quantitative estimate of drug-likeness (QED) is 0.676. The van der Waals surface area contributed by atoms with Crippen molar-refractivity contribution >= 4 is 17.7 Å². The van der Waals surface area contributed by atoms with Gasteiger partial charge in [0.05, 0.1) is 6.20 Å². The number of aryl methyl sites for hydroxylation is 1. The minimum Gasteiger partial charge on any atom is -0.356 e. The molecule has 0 aliphatic carbocycles. The Morgan fingerprint density at radius 3 is 2.95 bits per heavy atom. The molecule has 1 saturated heterocycles. The summed E-state index contributed by atoms with van der Waals surface area (Å²) in [5.41, 5.74) is 1.25. The molecule has 0 atom stereocenters. The van der Waals surface area contributed by atoms with Gasteiger partial charge >= 0.3 is 0 Å². The summed E-state index contributed by atoms with van der Waals surface area (Å²) in [6.07, 6.45) is 4.95. The van der Waals surface area contributed by atoms with Gasteiger partial charge in [-0.2, -0.15) is 16.9 Å². The number of hydrogen-bond donors (Lipinski definition) is 1. The second-order valence-electron chi connectivity index (χ2n) is 5.78. The molecule has 0 aromatic carbocycles. The molecular formula is C14H25N5S. The van der Waals surface area contributed by atoms with Crippen LogP contribution in [0.5, 0.6) is 0 Å². The third-order valence-electron chi connectivity index (χ3n) is 3.39. The van der Waals surface area contributed by atoms with Gasteiger partial charge in [0.25, 0.3) is 0 Å². The van der Waals surface area contributed by atoms with Gasteiger partial charge in [0.1, 0.15) is 0 Å². The van der Waals surface area contributed by atoms with E-state index in [2.05, 4.69) is 40.4 Å². The van der Waals surface area contributed by atoms with E-state index in [9.17, 15) is 0 Å². The van der Waals surface area contributed by atoms with Gasteiger partial charge in [0.2, 0.25) is 0 Å². The van der Waals surface area contributed by atoms with Crippen molar-refractivity contribution < 1.29 is 0 Å². The maximum absolute atomic E-state index is 4.42. The Bertz CT molecular complexity index is 466. The maximum atomic E-state index is 4.42. The minimum atomic E-state index is 0.305. The zero-order valence-electron chi connectivity index (χ0n) is 12.9. The molecule has 1 fully saturated rings. The van der Waals surface area contributed by atoms with Crippen LogP contribution < -0.4 is 5.32 Å². The molecule has 0 bridgehead atoms. The number of nitrogens with zero attached hydrogens (tertiary/aromatic N) is 4. The van der Waals surface area contributed by atoms with Crippen molar-refractivity contribution in [1.29, 1.82) is 0 Å². The first-order chi connectivity index (χ1) is 9.50. The molecule has 2 heterocycles. The van der Waals surface area contributed by atoms with Gasteiger partial charge in [0.15, 0.2) is 5.96 Å². The van der Waals surface area contributed by atoms with Crippen molar-refractivity contribution in [2.45, 2.75) is 25.0 Å². The summed E-state index contributed by atoms with van der Waals surface area (Å²) in [7, 11) is 3.81. The van der Waals surface area contributed by atoms with Crippen molar-refractivity contribution in [3.05, 3.63) is 18.0 Å². The van der Waals surface area contributed by atoms with Crippen LogP contribution in [0.3, 0.4) is 0 Å². The second kappa shape index (κ2) is 6.52. The predicted molar refractivity (Wildman–Crippen MR) is 86.4 cm³/mol. The van der Waals surface area contributed by atoms with Crippen LogP contribution in [0, 0.1) is 0 Å². The summed E-state index contributed by atoms with van der Waals surface area (Å²) in [6, 6.07) is 0. The summed E-state index contributed by atoms with van der Waals surface area (Å²) >= 11 is 2.04. The molecule has 0 saturated carbocycles. The van der Waals surface area contributed by atoms with Gasteiger partial charge < -0.3 is 10.2 Å². The standard InChI is InChI=1S/C14H25N5S/c1-14(2)11-19(7-8-20-14)13(15-3)16-6-5-12-9-17-18(4)10-12/h9-10H,5-8,11H2,1-4H3,(H,15,16). The summed E-state index contributed by atoms with van der Waals surface area (Å²) < 4.78 is 2.15. The molecule has 1 aromatic heterocycles. The Labute approximate surface area is 125 Å². The van der Waals surface area contributed by atoms with E-state index in [4.69, 9.17) is 0 Å². The fourth-order valence-electron chi connectivity index (χ4n) is 2.45. The van der Waals surface area contributed by atoms with Crippen molar-refractivity contribution in [3.63, 3.8) is 0 Å². The van der Waals surface area contributed by atoms with Crippen molar-refractivity contribution in [2.24, 2.45) is 12.0 Å². The highest BCUT2D eigenvalue weighted by atomic mass is 32.2. The highest BCUT2D eigenvalue weighted by molar-refractivity contribution is 8.00. The second-order valence-corrected chi connectivity index (χ2v) is 7.58. The maximum Gasteiger partial charge on any atom is 0.193 e. The van der Waals surface area contributed by atoms with Crippen LogP contribution in [0.15, 0.2) is 17.4 Å². The van der Waals surface area contributed by atoms with Gasteiger partial charge in [0, 0.05) is 50.4 Å². The third-order valence-corrected chi connectivity index (χ3v) is 4.69. The lowest BCUT2D eigenvalue weighted by atomic mass is 10.2. The lowest BCUT2D eigenvalue weighted by Gasteiger charge is -2.39. The Morgan fingerprint density at radius 1 is 1.55 bits per heavy atom. The van der Waals surface area contributed by atoms with Crippen LogP contribution in [0.25, 0.3) is 0 Å². The minimum absolute atomic E-state index is 0.305. The highest BCUT2D eigenvalue weighted by Crippen LogP contribution is 2.29. The summed E-state index contributed by atoms with van der Waals surface area (Å²) in [6.45, 7) is 7.60. The van der Waals surface area contributed by atoms with E-state index in [1.807, 2.05) is 36.7 Å². The van der Waals surface area contributed by atoms with E-state index < -0.39 is 0 Å². The van der Waals surface area contributed by atoms with Gasteiger partial charge in [-0.3, -0.25) is 9.67 Å². The Kier molecular flexibility index (Phi) is 4.96. The fourth-order valence-corrected chi connectivity index (χ4v) is 3.56. The fraction of sp³-hybridized carbons (Fsp3) is 0.714. The summed E-state index contributed by atoms with van der Waals surface area (Å²) in [5, 5.41) is 7.65. The number of guanidine groups is 1. The van der Waals surface area contributed by atoms with Crippen LogP contribution in [0.2, 0.25) is 0 Å². The largest absolute Gasteiger partial charge is 0.356 e. The van der Waals surface area contributed by atoms with E-state index in [0.29, 0.717) is 4.75 Å². The Balaban J connectivity index is 1.83. The average molecular weight is 295 g/mol. The summed E-state index contributed by atoms with van der Waals surface area (Å²) in [4.78, 5) is 6.78. The molecule has 20 heavy (non-hydrogen) atoms. The van der Waals surface area contributed by atoms with Gasteiger partial charge in [-0.1, -0.05) is 0 Å². The average Bonchev–Trinajstić information content (AvgIpc) is 2.79. The molecule has 0 radical (unpaired) electrons. The van der Waals surface area contributed by atoms with Crippen LogP contribution in [-0.2, 0) is 13.5 Å². The molecule has 5 nitrogen and oxygen atoms in total. The zero-order chi connectivity index (χ0) is 14.6. The van der Waals surface area contributed by atoms with Crippen molar-refractivity contribution in [3.8, 4) is 0 Å². The highest BCUT2D eigenvalue weighted by Gasteiger charge is 2.28. The van der Waals surface area contributed by atoms with Gasteiger partial charge in [-0.15, -0.1) is 0 Å². The number of thioether (sulfide) groups is 1. The van der Waals surface area contributed by atoms with E-state index >= 15 is 0 Å². The van der Waals surface area contributed by atoms with Crippen LogP contribution in [-0.4, -0.2) is 57.8 Å². The lowest BCUT2D eigenvalue weighted by molar-refractivity contribution is 0.376. The molecule has 1 aromatic rings. The van der Waals surface area contributed by atoms with Crippen LogP contribution >= 0.6 is 11.8 Å². The lowest BCUT2D eigenvalue weighted by Crippen LogP contribution is -2.51. The number of hydrogen-bond acceptors (Lipinski definition) is 3. The smallest absolute Gasteiger partial charge is 0.193 e. The molecule has 0 amide bonds. The molecule has 2 rings (SSSR count). The Hall–Kier alpha value is -1.17. The molecule has 1 N–H and O–H groups in total. The normalized spacial score (nSPS) is 19.2. The molecule has 6 heteroatoms. The van der Waals surface area contributed by atoms with Crippen molar-refractivity contribution in [2.75, 3.05) is 32.4 Å². The zero-order valence-corrected chi connectivity index (χ0v) is 13.7. The number of aliphatic imine (C=N–C) groups is 1. The number of nitrogens with one attached hydrogen (secondary N) is 1. The topological polar surface area (TPSA) is 45.5 Å². The molecule has 1 aliphatic rings. The number of rotatable bonds is 3. The number of aromatic nitrogens is 2. The van der Waals surface area contributed by atoms with E-state index in [0.717, 1.165) is 37.8 Å². The van der Waals surface area contributed by atoms with Gasteiger partial charge in [-0.05, 0) is 25.8 Å². The third kappa shape index (κ3) is 4.16. The first-order valence-electron chi connectivity index (χ1n) is 7.07. The van der Waals surface area contributed by atoms with Gasteiger partial charge in [-0.25, -0.2) is 0 Å². The molecular weight excluding hydrogens is 270 g/mol. The molecule has 0 unspecified atom stereocenters. The Morgan fingerprint density at radius 2 is 2.35 bits per heavy atom. The van der Waals surface area contributed by atoms with E-state index in [1.54, 1.807) is 0 Å².